The van der Waals surface area contributed by atoms with Crippen molar-refractivity contribution in [1.82, 2.24) is 13.1 Å². The van der Waals surface area contributed by atoms with Gasteiger partial charge in [0.05, 0.1) is 0 Å². The van der Waals surface area contributed by atoms with E-state index < -0.39 is 0 Å². The smallest absolute Gasteiger partial charge is 0.0201 e. The first-order valence-electron chi connectivity index (χ1n) is 4.84. The van der Waals surface area contributed by atoms with Crippen LogP contribution in [0.1, 0.15) is 12.8 Å². The summed E-state index contributed by atoms with van der Waals surface area (Å²) >= 11 is 2.35. The minimum Gasteiger partial charge on any atom is -0.269 e. The van der Waals surface area contributed by atoms with Crippen LogP contribution in [0.3, 0.4) is 0 Å². The second-order valence-electron chi connectivity index (χ2n) is 3.58. The summed E-state index contributed by atoms with van der Waals surface area (Å²) in [6.45, 7) is 4.04. The molecule has 0 rings (SSSR count). The standard InChI is InChI=1S/C8H22IN5/c1-12(10)5-3-7-14(9)8-4-6-13(2)11/h3-8,10-11H2,1-2H3. The quantitative estimate of drug-likeness (QED) is 0.286. The molecule has 0 saturated heterocycles. The predicted molar refractivity (Wildman–Crippen MR) is 68.5 cm³/mol. The number of nitrogens with two attached hydrogens (primary N) is 2. The Morgan fingerprint density at radius 1 is 0.857 bits per heavy atom. The van der Waals surface area contributed by atoms with E-state index in [4.69, 9.17) is 11.7 Å². The number of nitrogens with zero attached hydrogens (tertiary/aromatic N) is 3. The molecule has 0 aromatic heterocycles. The van der Waals surface area contributed by atoms with Crippen molar-refractivity contribution >= 4 is 22.9 Å². The van der Waals surface area contributed by atoms with Crippen LogP contribution < -0.4 is 11.7 Å². The van der Waals surface area contributed by atoms with Gasteiger partial charge in [0.15, 0.2) is 0 Å². The zero-order valence-corrected chi connectivity index (χ0v) is 11.3. The lowest BCUT2D eigenvalue weighted by Crippen LogP contribution is -2.30. The number of rotatable bonds is 8. The van der Waals surface area contributed by atoms with Crippen LogP contribution >= 0.6 is 22.9 Å². The van der Waals surface area contributed by atoms with E-state index in [0.717, 1.165) is 39.0 Å². The highest BCUT2D eigenvalue weighted by Crippen LogP contribution is 2.01. The van der Waals surface area contributed by atoms with Crippen LogP contribution in [0.4, 0.5) is 0 Å². The monoisotopic (exact) mass is 315 g/mol. The third-order valence-electron chi connectivity index (χ3n) is 1.82. The first-order chi connectivity index (χ1) is 6.52. The molecule has 0 heterocycles. The molecule has 0 aliphatic rings. The summed E-state index contributed by atoms with van der Waals surface area (Å²) in [6, 6.07) is 0. The summed E-state index contributed by atoms with van der Waals surface area (Å²) < 4.78 is 2.28. The summed E-state index contributed by atoms with van der Waals surface area (Å²) in [6.07, 6.45) is 2.21. The molecular weight excluding hydrogens is 293 g/mol. The Hall–Kier alpha value is 0.530. The molecule has 4 N–H and O–H groups in total. The second kappa shape index (κ2) is 8.81. The van der Waals surface area contributed by atoms with Crippen LogP contribution in [0.5, 0.6) is 0 Å². The van der Waals surface area contributed by atoms with Crippen LogP contribution in [-0.4, -0.2) is 53.4 Å². The summed E-state index contributed by atoms with van der Waals surface area (Å²) in [5.41, 5.74) is 0. The Balaban J connectivity index is 3.23. The molecule has 0 aliphatic carbocycles. The van der Waals surface area contributed by atoms with Gasteiger partial charge in [-0.3, -0.25) is 21.7 Å². The maximum atomic E-state index is 5.51. The third-order valence-corrected chi connectivity index (χ3v) is 2.79. The number of halogens is 1. The van der Waals surface area contributed by atoms with Crippen molar-refractivity contribution in [2.45, 2.75) is 12.8 Å². The van der Waals surface area contributed by atoms with Crippen molar-refractivity contribution in [3.8, 4) is 0 Å². The van der Waals surface area contributed by atoms with Gasteiger partial charge in [0.2, 0.25) is 0 Å². The van der Waals surface area contributed by atoms with E-state index in [1.54, 1.807) is 10.0 Å². The second-order valence-corrected chi connectivity index (χ2v) is 4.94. The highest BCUT2D eigenvalue weighted by molar-refractivity contribution is 14.1. The summed E-state index contributed by atoms with van der Waals surface area (Å²) in [5.74, 6) is 11.0. The predicted octanol–water partition coefficient (Wildman–Crippen LogP) is 0.0296. The molecule has 0 aliphatic heterocycles. The molecule has 0 spiro atoms. The van der Waals surface area contributed by atoms with Gasteiger partial charge in [-0.15, -0.1) is 0 Å². The Kier molecular flexibility index (Phi) is 9.14. The summed E-state index contributed by atoms with van der Waals surface area (Å²) in [4.78, 5) is 0. The maximum Gasteiger partial charge on any atom is 0.0201 e. The van der Waals surface area contributed by atoms with Crippen LogP contribution in [0, 0.1) is 0 Å². The normalized spacial score (nSPS) is 12.0. The average Bonchev–Trinajstić information content (AvgIpc) is 2.02. The third kappa shape index (κ3) is 10.6. The van der Waals surface area contributed by atoms with Gasteiger partial charge in [0, 0.05) is 63.1 Å². The van der Waals surface area contributed by atoms with Crippen LogP contribution in [0.25, 0.3) is 0 Å². The van der Waals surface area contributed by atoms with Gasteiger partial charge in [-0.05, 0) is 12.8 Å². The van der Waals surface area contributed by atoms with E-state index >= 15 is 0 Å². The molecule has 0 fully saturated rings. The molecular formula is C8H22IN5. The molecule has 86 valence electrons. The van der Waals surface area contributed by atoms with Gasteiger partial charge in [-0.1, -0.05) is 0 Å². The van der Waals surface area contributed by atoms with E-state index in [1.165, 1.54) is 0 Å². The zero-order chi connectivity index (χ0) is 11.0. The van der Waals surface area contributed by atoms with E-state index in [0.29, 0.717) is 0 Å². The zero-order valence-electron chi connectivity index (χ0n) is 9.12. The van der Waals surface area contributed by atoms with Crippen molar-refractivity contribution in [3.05, 3.63) is 0 Å². The fraction of sp³-hybridized carbons (Fsp3) is 1.00. The van der Waals surface area contributed by atoms with Gasteiger partial charge in [-0.2, -0.15) is 0 Å². The van der Waals surface area contributed by atoms with Crippen molar-refractivity contribution in [2.75, 3.05) is 40.3 Å². The van der Waals surface area contributed by atoms with Crippen LogP contribution in [-0.2, 0) is 0 Å². The van der Waals surface area contributed by atoms with Crippen LogP contribution in [0.15, 0.2) is 0 Å². The van der Waals surface area contributed by atoms with Gasteiger partial charge in [0.1, 0.15) is 0 Å². The van der Waals surface area contributed by atoms with Crippen molar-refractivity contribution < 1.29 is 0 Å². The molecule has 0 atom stereocenters. The Morgan fingerprint density at radius 3 is 1.50 bits per heavy atom. The largest absolute Gasteiger partial charge is 0.269 e. The van der Waals surface area contributed by atoms with Crippen molar-refractivity contribution in [2.24, 2.45) is 11.7 Å². The number of hydrazine groups is 2. The molecule has 5 nitrogen and oxygen atoms in total. The molecule has 0 aromatic carbocycles. The van der Waals surface area contributed by atoms with E-state index in [2.05, 4.69) is 26.0 Å². The first kappa shape index (κ1) is 14.5. The van der Waals surface area contributed by atoms with E-state index in [1.807, 2.05) is 14.1 Å². The van der Waals surface area contributed by atoms with E-state index in [-0.39, 0.29) is 0 Å². The van der Waals surface area contributed by atoms with Crippen molar-refractivity contribution in [1.29, 1.82) is 0 Å². The topological polar surface area (TPSA) is 61.8 Å². The molecule has 0 saturated carbocycles. The number of hydrogen-bond acceptors (Lipinski definition) is 5. The van der Waals surface area contributed by atoms with Gasteiger partial charge >= 0.3 is 0 Å². The molecule has 6 heteroatoms. The lowest BCUT2D eigenvalue weighted by Gasteiger charge is -2.17. The summed E-state index contributed by atoms with van der Waals surface area (Å²) in [7, 11) is 3.78. The molecule has 14 heavy (non-hydrogen) atoms. The highest BCUT2D eigenvalue weighted by Gasteiger charge is 2.00. The minimum absolute atomic E-state index is 0.941. The van der Waals surface area contributed by atoms with Crippen LogP contribution in [0.2, 0.25) is 0 Å². The fourth-order valence-electron chi connectivity index (χ4n) is 1.10. The molecule has 0 amide bonds. The lowest BCUT2D eigenvalue weighted by molar-refractivity contribution is 0.311. The van der Waals surface area contributed by atoms with Gasteiger partial charge in [-0.25, -0.2) is 3.11 Å². The molecule has 0 unspecified atom stereocenters. The maximum absolute atomic E-state index is 5.51. The molecule has 0 radical (unpaired) electrons. The highest BCUT2D eigenvalue weighted by atomic mass is 127. The fourth-order valence-corrected chi connectivity index (χ4v) is 1.78. The lowest BCUT2D eigenvalue weighted by atomic mass is 10.3. The first-order valence-corrected chi connectivity index (χ1v) is 5.81. The van der Waals surface area contributed by atoms with Gasteiger partial charge < -0.3 is 0 Å². The molecule has 0 aromatic rings. The minimum atomic E-state index is 0.941. The average molecular weight is 315 g/mol. The Labute approximate surface area is 101 Å². The van der Waals surface area contributed by atoms with Crippen molar-refractivity contribution in [3.63, 3.8) is 0 Å². The Morgan fingerprint density at radius 2 is 1.21 bits per heavy atom. The summed E-state index contributed by atoms with van der Waals surface area (Å²) in [5, 5.41) is 3.44. The Bertz CT molecular complexity index is 117. The van der Waals surface area contributed by atoms with Gasteiger partial charge in [0.25, 0.3) is 0 Å². The molecule has 0 bridgehead atoms. The number of hydrogen-bond donors (Lipinski definition) is 2. The SMILES string of the molecule is CN(N)CCCN(I)CCCN(C)N. The van der Waals surface area contributed by atoms with E-state index in [9.17, 15) is 0 Å².